The van der Waals surface area contributed by atoms with Crippen molar-refractivity contribution in [3.05, 3.63) is 53.5 Å². The first kappa shape index (κ1) is 18.0. The summed E-state index contributed by atoms with van der Waals surface area (Å²) >= 11 is 0. The minimum Gasteiger partial charge on any atom is -0.490 e. The van der Waals surface area contributed by atoms with E-state index < -0.39 is 11.9 Å². The van der Waals surface area contributed by atoms with Crippen molar-refractivity contribution < 1.29 is 22.3 Å². The van der Waals surface area contributed by atoms with Crippen molar-refractivity contribution >= 4 is 5.82 Å². The van der Waals surface area contributed by atoms with E-state index in [1.165, 1.54) is 24.3 Å². The third-order valence-electron chi connectivity index (χ3n) is 4.14. The van der Waals surface area contributed by atoms with Crippen LogP contribution in [0.5, 0.6) is 5.75 Å². The number of nitrogens with zero attached hydrogens (tertiary/aromatic N) is 3. The zero-order chi connectivity index (χ0) is 18.7. The van der Waals surface area contributed by atoms with E-state index in [1.54, 1.807) is 4.90 Å². The van der Waals surface area contributed by atoms with E-state index in [-0.39, 0.29) is 23.3 Å². The molecule has 8 heteroatoms. The Morgan fingerprint density at radius 1 is 1.08 bits per heavy atom. The average molecular weight is 365 g/mol. The van der Waals surface area contributed by atoms with Crippen LogP contribution in [0.4, 0.5) is 23.4 Å². The van der Waals surface area contributed by atoms with Gasteiger partial charge in [0.15, 0.2) is 0 Å². The van der Waals surface area contributed by atoms with Crippen LogP contribution in [-0.4, -0.2) is 24.2 Å². The summed E-state index contributed by atoms with van der Waals surface area (Å²) in [4.78, 5) is 5.32. The molecular formula is C18H15F4N3O. The molecule has 26 heavy (non-hydrogen) atoms. The van der Waals surface area contributed by atoms with Crippen LogP contribution in [-0.2, 0) is 6.18 Å². The molecule has 0 aliphatic carbocycles. The fourth-order valence-corrected chi connectivity index (χ4v) is 2.83. The average Bonchev–Trinajstić information content (AvgIpc) is 2.63. The molecule has 0 saturated carbocycles. The monoisotopic (exact) mass is 365 g/mol. The first-order valence-electron chi connectivity index (χ1n) is 8.02. The third-order valence-corrected chi connectivity index (χ3v) is 4.14. The lowest BCUT2D eigenvalue weighted by atomic mass is 10.1. The Morgan fingerprint density at radius 2 is 1.73 bits per heavy atom. The summed E-state index contributed by atoms with van der Waals surface area (Å²) in [6.07, 6.45) is -3.58. The highest BCUT2D eigenvalue weighted by Gasteiger charge is 2.34. The lowest BCUT2D eigenvalue weighted by Gasteiger charge is -2.33. The van der Waals surface area contributed by atoms with Crippen molar-refractivity contribution in [3.8, 4) is 11.8 Å². The van der Waals surface area contributed by atoms with Gasteiger partial charge in [0.2, 0.25) is 0 Å². The molecule has 0 radical (unpaired) electrons. The second-order valence-corrected chi connectivity index (χ2v) is 5.94. The van der Waals surface area contributed by atoms with Gasteiger partial charge in [0, 0.05) is 25.9 Å². The normalized spacial score (nSPS) is 15.6. The zero-order valence-corrected chi connectivity index (χ0v) is 13.6. The van der Waals surface area contributed by atoms with Crippen molar-refractivity contribution in [3.63, 3.8) is 0 Å². The van der Waals surface area contributed by atoms with E-state index in [2.05, 4.69) is 4.98 Å². The molecule has 1 aromatic heterocycles. The smallest absolute Gasteiger partial charge is 0.433 e. The Morgan fingerprint density at radius 3 is 2.31 bits per heavy atom. The number of ether oxygens (including phenoxy) is 1. The second kappa shape index (κ2) is 7.20. The molecule has 1 fully saturated rings. The fourth-order valence-electron chi connectivity index (χ4n) is 2.83. The van der Waals surface area contributed by atoms with Crippen LogP contribution in [0.15, 0.2) is 36.4 Å². The van der Waals surface area contributed by atoms with E-state index in [1.807, 2.05) is 6.07 Å². The molecule has 0 spiro atoms. The number of halogens is 4. The molecule has 1 saturated heterocycles. The Labute approximate surface area is 147 Å². The zero-order valence-electron chi connectivity index (χ0n) is 13.6. The van der Waals surface area contributed by atoms with Crippen molar-refractivity contribution in [2.75, 3.05) is 18.0 Å². The first-order valence-corrected chi connectivity index (χ1v) is 8.02. The quantitative estimate of drug-likeness (QED) is 0.767. The molecule has 2 heterocycles. The third kappa shape index (κ3) is 4.04. The minimum atomic E-state index is -4.56. The maximum Gasteiger partial charge on any atom is 0.433 e. The summed E-state index contributed by atoms with van der Waals surface area (Å²) in [5.41, 5.74) is -0.910. The number of benzene rings is 1. The second-order valence-electron chi connectivity index (χ2n) is 5.94. The summed E-state index contributed by atoms with van der Waals surface area (Å²) in [6, 6.07) is 9.51. The number of alkyl halides is 3. The van der Waals surface area contributed by atoms with Crippen molar-refractivity contribution in [2.24, 2.45) is 0 Å². The van der Waals surface area contributed by atoms with Gasteiger partial charge in [-0.15, -0.1) is 0 Å². The van der Waals surface area contributed by atoms with Crippen molar-refractivity contribution in [1.29, 1.82) is 5.26 Å². The van der Waals surface area contributed by atoms with Crippen LogP contribution in [0.25, 0.3) is 0 Å². The number of nitriles is 1. The Bertz CT molecular complexity index is 807. The molecule has 0 bridgehead atoms. The largest absolute Gasteiger partial charge is 0.490 e. The number of rotatable bonds is 3. The number of hydrogen-bond donors (Lipinski definition) is 0. The van der Waals surface area contributed by atoms with Crippen LogP contribution in [0.1, 0.15) is 24.1 Å². The topological polar surface area (TPSA) is 49.2 Å². The molecule has 136 valence electrons. The van der Waals surface area contributed by atoms with Gasteiger partial charge in [-0.25, -0.2) is 9.37 Å². The maximum absolute atomic E-state index is 12.9. The summed E-state index contributed by atoms with van der Waals surface area (Å²) in [5, 5.41) is 9.16. The Kier molecular flexibility index (Phi) is 4.98. The van der Waals surface area contributed by atoms with Gasteiger partial charge in [0.05, 0.1) is 5.56 Å². The van der Waals surface area contributed by atoms with E-state index in [0.717, 1.165) is 12.1 Å². The van der Waals surface area contributed by atoms with Crippen molar-refractivity contribution in [2.45, 2.75) is 25.1 Å². The molecule has 1 aliphatic rings. The molecule has 0 N–H and O–H groups in total. The van der Waals surface area contributed by atoms with Gasteiger partial charge in [-0.05, 0) is 36.4 Å². The highest BCUT2D eigenvalue weighted by Crippen LogP contribution is 2.31. The lowest BCUT2D eigenvalue weighted by molar-refractivity contribution is -0.141. The van der Waals surface area contributed by atoms with Gasteiger partial charge in [0.1, 0.15) is 35.3 Å². The van der Waals surface area contributed by atoms with Crippen LogP contribution < -0.4 is 9.64 Å². The van der Waals surface area contributed by atoms with E-state index >= 15 is 0 Å². The van der Waals surface area contributed by atoms with Crippen LogP contribution in [0, 0.1) is 17.1 Å². The van der Waals surface area contributed by atoms with Gasteiger partial charge in [0.25, 0.3) is 0 Å². The summed E-state index contributed by atoms with van der Waals surface area (Å²) < 4.78 is 57.4. The van der Waals surface area contributed by atoms with E-state index in [0.29, 0.717) is 31.7 Å². The van der Waals surface area contributed by atoms with Crippen molar-refractivity contribution in [1.82, 2.24) is 4.98 Å². The summed E-state index contributed by atoms with van der Waals surface area (Å²) in [7, 11) is 0. The molecule has 0 unspecified atom stereocenters. The highest BCUT2D eigenvalue weighted by atomic mass is 19.4. The number of aromatic nitrogens is 1. The Hall–Kier alpha value is -2.82. The predicted molar refractivity (Wildman–Crippen MR) is 86.2 cm³/mol. The molecule has 1 aromatic carbocycles. The SMILES string of the molecule is N#Cc1ccc(C(F)(F)F)nc1N1CCC(Oc2ccc(F)cc2)CC1. The minimum absolute atomic E-state index is 0.0440. The van der Waals surface area contributed by atoms with Gasteiger partial charge >= 0.3 is 6.18 Å². The molecule has 2 aromatic rings. The van der Waals surface area contributed by atoms with Crippen LogP contribution in [0.3, 0.4) is 0 Å². The lowest BCUT2D eigenvalue weighted by Crippen LogP contribution is -2.39. The maximum atomic E-state index is 12.9. The van der Waals surface area contributed by atoms with Gasteiger partial charge in [-0.1, -0.05) is 0 Å². The molecule has 0 amide bonds. The fraction of sp³-hybridized carbons (Fsp3) is 0.333. The molecule has 4 nitrogen and oxygen atoms in total. The highest BCUT2D eigenvalue weighted by molar-refractivity contribution is 5.55. The van der Waals surface area contributed by atoms with Gasteiger partial charge in [-0.3, -0.25) is 0 Å². The van der Waals surface area contributed by atoms with Crippen LogP contribution in [0.2, 0.25) is 0 Å². The molecular weight excluding hydrogens is 350 g/mol. The summed E-state index contributed by atoms with van der Waals surface area (Å²) in [5.74, 6) is 0.231. The Balaban J connectivity index is 1.69. The summed E-state index contributed by atoms with van der Waals surface area (Å²) in [6.45, 7) is 0.823. The van der Waals surface area contributed by atoms with E-state index in [9.17, 15) is 17.6 Å². The molecule has 1 aliphatic heterocycles. The predicted octanol–water partition coefficient (Wildman–Crippen LogP) is 4.16. The van der Waals surface area contributed by atoms with Gasteiger partial charge < -0.3 is 9.64 Å². The standard InChI is InChI=1S/C18H15F4N3O/c19-13-2-4-14(5-3-13)26-15-7-9-25(10-8-15)17-12(11-23)1-6-16(24-17)18(20,21)22/h1-6,15H,7-10H2. The molecule has 3 rings (SSSR count). The van der Waals surface area contributed by atoms with E-state index in [4.69, 9.17) is 10.00 Å². The van der Waals surface area contributed by atoms with Gasteiger partial charge in [-0.2, -0.15) is 18.4 Å². The number of hydrogen-bond acceptors (Lipinski definition) is 4. The van der Waals surface area contributed by atoms with Crippen LogP contribution >= 0.6 is 0 Å². The number of pyridine rings is 1. The first-order chi connectivity index (χ1) is 12.4. The number of piperidine rings is 1. The number of anilines is 1. The molecule has 0 atom stereocenters.